The van der Waals surface area contributed by atoms with Crippen molar-refractivity contribution >= 4 is 0 Å². The second-order valence-electron chi connectivity index (χ2n) is 7.75. The van der Waals surface area contributed by atoms with Gasteiger partial charge in [-0.2, -0.15) is 0 Å². The average molecular weight is 415 g/mol. The molecule has 0 aliphatic carbocycles. The lowest BCUT2D eigenvalue weighted by atomic mass is 9.98. The number of aromatic nitrogens is 3. The summed E-state index contributed by atoms with van der Waals surface area (Å²) in [6, 6.07) is 0. The van der Waals surface area contributed by atoms with Gasteiger partial charge in [-0.15, -0.1) is 5.10 Å². The van der Waals surface area contributed by atoms with Crippen LogP contribution in [0, 0.1) is 0 Å². The van der Waals surface area contributed by atoms with Crippen molar-refractivity contribution in [2.75, 3.05) is 45.9 Å². The third-order valence-electron chi connectivity index (χ3n) is 5.43. The van der Waals surface area contributed by atoms with Crippen LogP contribution in [0.1, 0.15) is 31.2 Å². The molecule has 0 unspecified atom stereocenters. The van der Waals surface area contributed by atoms with Crippen LogP contribution in [-0.4, -0.2) is 111 Å². The summed E-state index contributed by atoms with van der Waals surface area (Å²) < 4.78 is 6.88. The summed E-state index contributed by atoms with van der Waals surface area (Å²) >= 11 is 0. The summed E-state index contributed by atoms with van der Waals surface area (Å²) in [5, 5.41) is 54.6. The zero-order chi connectivity index (χ0) is 20.6. The molecule has 2 fully saturated rings. The fraction of sp³-hybridized carbons (Fsp3) is 0.889. The van der Waals surface area contributed by atoms with E-state index in [0.717, 1.165) is 64.2 Å². The Balaban J connectivity index is 1.60. The molecule has 5 atom stereocenters. The highest BCUT2D eigenvalue weighted by atomic mass is 16.6. The molecular formula is C18H34N6O5. The molecule has 166 valence electrons. The van der Waals surface area contributed by atoms with Gasteiger partial charge in [-0.3, -0.25) is 4.90 Å². The number of nitrogens with one attached hydrogen (secondary N) is 2. The van der Waals surface area contributed by atoms with Crippen LogP contribution in [-0.2, 0) is 11.3 Å². The van der Waals surface area contributed by atoms with Gasteiger partial charge in [0.25, 0.3) is 0 Å². The van der Waals surface area contributed by atoms with Crippen molar-refractivity contribution in [3.63, 3.8) is 0 Å². The molecule has 29 heavy (non-hydrogen) atoms. The highest BCUT2D eigenvalue weighted by Gasteiger charge is 2.44. The first-order valence-electron chi connectivity index (χ1n) is 10.4. The Kier molecular flexibility index (Phi) is 8.75. The summed E-state index contributed by atoms with van der Waals surface area (Å²) in [6.45, 7) is 6.05. The van der Waals surface area contributed by atoms with Crippen molar-refractivity contribution < 1.29 is 25.2 Å². The van der Waals surface area contributed by atoms with Crippen molar-refractivity contribution in [3.8, 4) is 0 Å². The predicted octanol–water partition coefficient (Wildman–Crippen LogP) is -2.58. The maximum absolute atomic E-state index is 10.3. The summed E-state index contributed by atoms with van der Waals surface area (Å²) in [4.78, 5) is 2.33. The maximum atomic E-state index is 10.3. The smallest absolute Gasteiger partial charge is 0.180 e. The summed E-state index contributed by atoms with van der Waals surface area (Å²) in [6.07, 6.45) is -1.27. The summed E-state index contributed by atoms with van der Waals surface area (Å²) in [5.41, 5.74) is 0.731. The van der Waals surface area contributed by atoms with Crippen molar-refractivity contribution in [2.45, 2.75) is 56.5 Å². The Morgan fingerprint density at radius 3 is 2.28 bits per heavy atom. The van der Waals surface area contributed by atoms with Gasteiger partial charge in [-0.25, -0.2) is 4.68 Å². The maximum Gasteiger partial charge on any atom is 0.180 e. The number of hydrogen-bond donors (Lipinski definition) is 6. The molecule has 1 aromatic heterocycles. The minimum Gasteiger partial charge on any atom is -0.394 e. The first kappa shape index (κ1) is 22.5. The Morgan fingerprint density at radius 1 is 0.966 bits per heavy atom. The molecule has 6 N–H and O–H groups in total. The molecule has 0 spiro atoms. The molecule has 11 nitrogen and oxygen atoms in total. The van der Waals surface area contributed by atoms with Gasteiger partial charge >= 0.3 is 0 Å². The van der Waals surface area contributed by atoms with Crippen LogP contribution in [0.4, 0.5) is 0 Å². The zero-order valence-electron chi connectivity index (χ0n) is 16.7. The number of ether oxygens (including phenoxy) is 1. The molecule has 0 amide bonds. The van der Waals surface area contributed by atoms with E-state index in [1.807, 2.05) is 0 Å². The number of rotatable bonds is 4. The lowest BCUT2D eigenvalue weighted by Crippen LogP contribution is -2.56. The second kappa shape index (κ2) is 11.3. The number of aliphatic hydroxyl groups excluding tert-OH is 4. The molecule has 1 aromatic rings. The van der Waals surface area contributed by atoms with E-state index in [1.165, 1.54) is 4.68 Å². The molecule has 3 heterocycles. The number of aliphatic hydroxyl groups is 4. The summed E-state index contributed by atoms with van der Waals surface area (Å²) in [7, 11) is 0. The van der Waals surface area contributed by atoms with E-state index in [4.69, 9.17) is 4.74 Å². The van der Waals surface area contributed by atoms with E-state index in [-0.39, 0.29) is 0 Å². The largest absolute Gasteiger partial charge is 0.394 e. The van der Waals surface area contributed by atoms with Gasteiger partial charge in [0.15, 0.2) is 6.23 Å². The van der Waals surface area contributed by atoms with Crippen molar-refractivity contribution in [2.24, 2.45) is 0 Å². The highest BCUT2D eigenvalue weighted by molar-refractivity contribution is 4.96. The van der Waals surface area contributed by atoms with E-state index in [9.17, 15) is 20.4 Å². The molecule has 0 bridgehead atoms. The van der Waals surface area contributed by atoms with E-state index < -0.39 is 37.3 Å². The molecule has 2 aliphatic rings. The standard InChI is InChI=1S/C18H34N6O5/c25-12-14-15(26)16(27)17(28)18(29-14)24-11-13(21-22-24)10-23-8-2-6-19-4-1-5-20-7-3-9-23/h11,14-20,25-28H,1-10,12H2/t14-,15+,16-,17-,18+/m1/s1. The predicted molar refractivity (Wildman–Crippen MR) is 104 cm³/mol. The number of hydrogen-bond acceptors (Lipinski definition) is 10. The lowest BCUT2D eigenvalue weighted by molar-refractivity contribution is -0.254. The molecule has 0 aromatic carbocycles. The van der Waals surface area contributed by atoms with E-state index in [1.54, 1.807) is 6.20 Å². The van der Waals surface area contributed by atoms with Crippen LogP contribution < -0.4 is 10.6 Å². The minimum absolute atomic E-state index is 0.473. The van der Waals surface area contributed by atoms with Gasteiger partial charge in [-0.1, -0.05) is 5.21 Å². The molecular weight excluding hydrogens is 380 g/mol. The molecule has 3 rings (SSSR count). The fourth-order valence-corrected chi connectivity index (χ4v) is 3.75. The van der Waals surface area contributed by atoms with E-state index in [2.05, 4.69) is 25.8 Å². The van der Waals surface area contributed by atoms with Crippen LogP contribution in [0.15, 0.2) is 6.20 Å². The fourth-order valence-electron chi connectivity index (χ4n) is 3.75. The van der Waals surface area contributed by atoms with Crippen LogP contribution >= 0.6 is 0 Å². The van der Waals surface area contributed by atoms with Crippen LogP contribution in [0.25, 0.3) is 0 Å². The van der Waals surface area contributed by atoms with Gasteiger partial charge in [0, 0.05) is 6.54 Å². The lowest BCUT2D eigenvalue weighted by Gasteiger charge is -2.39. The van der Waals surface area contributed by atoms with Gasteiger partial charge in [0.1, 0.15) is 24.4 Å². The molecule has 2 aliphatic heterocycles. The molecule has 0 radical (unpaired) electrons. The Labute approximate surface area is 170 Å². The van der Waals surface area contributed by atoms with Crippen LogP contribution in [0.5, 0.6) is 0 Å². The third-order valence-corrected chi connectivity index (χ3v) is 5.43. The van der Waals surface area contributed by atoms with Gasteiger partial charge in [-0.05, 0) is 58.5 Å². The topological polar surface area (TPSA) is 148 Å². The molecule has 11 heteroatoms. The normalized spacial score (nSPS) is 33.7. The number of nitrogens with zero attached hydrogens (tertiary/aromatic N) is 4. The molecule has 2 saturated heterocycles. The van der Waals surface area contributed by atoms with Crippen LogP contribution in [0.3, 0.4) is 0 Å². The van der Waals surface area contributed by atoms with Crippen LogP contribution in [0.2, 0.25) is 0 Å². The van der Waals surface area contributed by atoms with Crippen molar-refractivity contribution in [1.29, 1.82) is 0 Å². The third kappa shape index (κ3) is 6.15. The SMILES string of the molecule is OC[C@H]1O[C@H](n2cc(CN3CCCNCCCNCCC3)nn2)[C@H](O)[C@H](O)[C@H]1O. The van der Waals surface area contributed by atoms with E-state index in [0.29, 0.717) is 6.54 Å². The second-order valence-corrected chi connectivity index (χ2v) is 7.75. The van der Waals surface area contributed by atoms with Gasteiger partial charge in [0.2, 0.25) is 0 Å². The van der Waals surface area contributed by atoms with Gasteiger partial charge in [0.05, 0.1) is 18.5 Å². The Morgan fingerprint density at radius 2 is 1.62 bits per heavy atom. The van der Waals surface area contributed by atoms with Gasteiger partial charge < -0.3 is 35.8 Å². The first-order chi connectivity index (χ1) is 14.1. The quantitative estimate of drug-likeness (QED) is 0.310. The monoisotopic (exact) mass is 414 g/mol. The highest BCUT2D eigenvalue weighted by Crippen LogP contribution is 2.27. The minimum atomic E-state index is -1.44. The van der Waals surface area contributed by atoms with E-state index >= 15 is 0 Å². The average Bonchev–Trinajstić information content (AvgIpc) is 3.17. The van der Waals surface area contributed by atoms with Crippen molar-refractivity contribution in [3.05, 3.63) is 11.9 Å². The van der Waals surface area contributed by atoms with Crippen molar-refractivity contribution in [1.82, 2.24) is 30.5 Å². The summed E-state index contributed by atoms with van der Waals surface area (Å²) in [5.74, 6) is 0. The molecule has 0 saturated carbocycles. The zero-order valence-corrected chi connectivity index (χ0v) is 16.7. The Hall–Kier alpha value is -1.18. The first-order valence-corrected chi connectivity index (χ1v) is 10.4. The Bertz CT molecular complexity index is 591.